The molecule has 3 heterocycles. The summed E-state index contributed by atoms with van der Waals surface area (Å²) in [4.78, 5) is 40.6. The van der Waals surface area contributed by atoms with Gasteiger partial charge in [0.15, 0.2) is 10.8 Å². The fourth-order valence-electron chi connectivity index (χ4n) is 2.39. The highest BCUT2D eigenvalue weighted by Crippen LogP contribution is 2.19. The fraction of sp³-hybridized carbons (Fsp3) is 0.0556. The molecule has 29 heavy (non-hydrogen) atoms. The number of carbonyl (C=O) groups is 2. The molecule has 11 heteroatoms. The van der Waals surface area contributed by atoms with Gasteiger partial charge >= 0.3 is 0 Å². The Morgan fingerprint density at radius 2 is 1.90 bits per heavy atom. The van der Waals surface area contributed by atoms with Crippen LogP contribution >= 0.6 is 11.3 Å². The predicted octanol–water partition coefficient (Wildman–Crippen LogP) is 1.55. The summed E-state index contributed by atoms with van der Waals surface area (Å²) in [6, 6.07) is 8.77. The number of anilines is 1. The summed E-state index contributed by atoms with van der Waals surface area (Å²) in [6.07, 6.45) is 6.23. The molecule has 0 radical (unpaired) electrons. The number of benzene rings is 1. The SMILES string of the molecule is O=C(CNC(=O)c1csc(-c2ncccn2)n1)Nc1ccc(-n2cncn2)cc1. The van der Waals surface area contributed by atoms with E-state index in [1.54, 1.807) is 59.1 Å². The molecule has 0 aliphatic carbocycles. The normalized spacial score (nSPS) is 10.5. The second kappa shape index (κ2) is 8.35. The first-order chi connectivity index (χ1) is 14.2. The molecule has 0 saturated carbocycles. The van der Waals surface area contributed by atoms with Crippen LogP contribution in [-0.2, 0) is 4.79 Å². The molecule has 0 saturated heterocycles. The van der Waals surface area contributed by atoms with E-state index in [0.717, 1.165) is 5.69 Å². The maximum Gasteiger partial charge on any atom is 0.271 e. The third-order valence-corrected chi connectivity index (χ3v) is 4.58. The highest BCUT2D eigenvalue weighted by atomic mass is 32.1. The van der Waals surface area contributed by atoms with Crippen molar-refractivity contribution in [3.05, 3.63) is 66.5 Å². The van der Waals surface area contributed by atoms with Crippen molar-refractivity contribution in [1.29, 1.82) is 0 Å². The fourth-order valence-corrected chi connectivity index (χ4v) is 3.13. The Hall–Kier alpha value is -3.99. The summed E-state index contributed by atoms with van der Waals surface area (Å²) in [5, 5.41) is 11.4. The molecule has 0 atom stereocenters. The average Bonchev–Trinajstić information content (AvgIpc) is 3.46. The third kappa shape index (κ3) is 4.47. The summed E-state index contributed by atoms with van der Waals surface area (Å²) in [5.41, 5.74) is 1.63. The van der Waals surface area contributed by atoms with Crippen molar-refractivity contribution in [3.8, 4) is 16.5 Å². The first-order valence-corrected chi connectivity index (χ1v) is 9.33. The summed E-state index contributed by atoms with van der Waals surface area (Å²) in [5.74, 6) is -0.350. The van der Waals surface area contributed by atoms with Gasteiger partial charge in [0, 0.05) is 23.5 Å². The van der Waals surface area contributed by atoms with Gasteiger partial charge in [-0.1, -0.05) is 0 Å². The number of nitrogens with zero attached hydrogens (tertiary/aromatic N) is 6. The van der Waals surface area contributed by atoms with Crippen LogP contribution in [0.4, 0.5) is 5.69 Å². The van der Waals surface area contributed by atoms with Crippen LogP contribution in [0.5, 0.6) is 0 Å². The molecule has 4 aromatic rings. The second-order valence-electron chi connectivity index (χ2n) is 5.73. The van der Waals surface area contributed by atoms with Crippen molar-refractivity contribution < 1.29 is 9.59 Å². The molecular weight excluding hydrogens is 392 g/mol. The maximum atomic E-state index is 12.2. The number of rotatable bonds is 6. The van der Waals surface area contributed by atoms with E-state index in [-0.39, 0.29) is 18.1 Å². The quantitative estimate of drug-likeness (QED) is 0.497. The van der Waals surface area contributed by atoms with E-state index in [1.165, 1.54) is 17.7 Å². The van der Waals surface area contributed by atoms with Gasteiger partial charge < -0.3 is 10.6 Å². The highest BCUT2D eigenvalue weighted by molar-refractivity contribution is 7.13. The third-order valence-electron chi connectivity index (χ3n) is 3.74. The van der Waals surface area contributed by atoms with E-state index in [2.05, 4.69) is 35.7 Å². The van der Waals surface area contributed by atoms with Crippen LogP contribution in [-0.4, -0.2) is 48.1 Å². The number of nitrogens with one attached hydrogen (secondary N) is 2. The van der Waals surface area contributed by atoms with Crippen molar-refractivity contribution in [3.63, 3.8) is 0 Å². The molecule has 3 aromatic heterocycles. The second-order valence-corrected chi connectivity index (χ2v) is 6.59. The van der Waals surface area contributed by atoms with Gasteiger partial charge in [-0.15, -0.1) is 11.3 Å². The van der Waals surface area contributed by atoms with Crippen molar-refractivity contribution in [2.24, 2.45) is 0 Å². The van der Waals surface area contributed by atoms with Gasteiger partial charge in [-0.2, -0.15) is 5.10 Å². The zero-order chi connectivity index (χ0) is 20.1. The molecule has 0 unspecified atom stereocenters. The standard InChI is InChI=1S/C18H14N8O2S/c27-15(24-12-2-4-13(5-3-12)26-11-19-10-23-26)8-22-17(28)14-9-29-18(25-14)16-20-6-1-7-21-16/h1-7,9-11H,8H2,(H,22,28)(H,24,27). The number of amides is 2. The lowest BCUT2D eigenvalue weighted by molar-refractivity contribution is -0.115. The average molecular weight is 406 g/mol. The molecule has 144 valence electrons. The monoisotopic (exact) mass is 406 g/mol. The van der Waals surface area contributed by atoms with Crippen LogP contribution in [0.2, 0.25) is 0 Å². The zero-order valence-electron chi connectivity index (χ0n) is 14.9. The minimum Gasteiger partial charge on any atom is -0.342 e. The lowest BCUT2D eigenvalue weighted by atomic mass is 10.3. The largest absolute Gasteiger partial charge is 0.342 e. The molecule has 0 aliphatic heterocycles. The Balaban J connectivity index is 1.30. The summed E-state index contributed by atoms with van der Waals surface area (Å²) in [6.45, 7) is -0.182. The van der Waals surface area contributed by atoms with Gasteiger partial charge in [0.2, 0.25) is 5.91 Å². The van der Waals surface area contributed by atoms with Crippen LogP contribution in [0.25, 0.3) is 16.5 Å². The Morgan fingerprint density at radius 1 is 1.10 bits per heavy atom. The Morgan fingerprint density at radius 3 is 2.62 bits per heavy atom. The number of aromatic nitrogens is 6. The van der Waals surface area contributed by atoms with Crippen LogP contribution in [0.3, 0.4) is 0 Å². The molecule has 10 nitrogen and oxygen atoms in total. The van der Waals surface area contributed by atoms with Gasteiger partial charge in [0.25, 0.3) is 5.91 Å². The minimum absolute atomic E-state index is 0.182. The molecule has 0 spiro atoms. The van der Waals surface area contributed by atoms with Crippen molar-refractivity contribution in [1.82, 2.24) is 35.0 Å². The Kier molecular flexibility index (Phi) is 5.29. The molecule has 0 bridgehead atoms. The number of thiazole rings is 1. The first-order valence-electron chi connectivity index (χ1n) is 8.45. The summed E-state index contributed by atoms with van der Waals surface area (Å²) < 4.78 is 1.61. The van der Waals surface area contributed by atoms with E-state index in [1.807, 2.05) is 0 Å². The van der Waals surface area contributed by atoms with Gasteiger partial charge in [-0.05, 0) is 30.3 Å². The van der Waals surface area contributed by atoms with E-state index in [0.29, 0.717) is 16.5 Å². The van der Waals surface area contributed by atoms with Gasteiger partial charge in [-0.25, -0.2) is 24.6 Å². The molecule has 2 N–H and O–H groups in total. The molecule has 2 amide bonds. The Bertz CT molecular complexity index is 1110. The van der Waals surface area contributed by atoms with E-state index in [4.69, 9.17) is 0 Å². The van der Waals surface area contributed by atoms with E-state index >= 15 is 0 Å². The minimum atomic E-state index is -0.444. The first kappa shape index (κ1) is 18.4. The van der Waals surface area contributed by atoms with Crippen molar-refractivity contribution >= 4 is 28.8 Å². The lowest BCUT2D eigenvalue weighted by Gasteiger charge is -2.07. The van der Waals surface area contributed by atoms with Crippen molar-refractivity contribution in [2.45, 2.75) is 0 Å². The van der Waals surface area contributed by atoms with Crippen LogP contribution in [0.1, 0.15) is 10.5 Å². The topological polar surface area (TPSA) is 128 Å². The number of hydrogen-bond donors (Lipinski definition) is 2. The highest BCUT2D eigenvalue weighted by Gasteiger charge is 2.14. The summed E-state index contributed by atoms with van der Waals surface area (Å²) in [7, 11) is 0. The lowest BCUT2D eigenvalue weighted by Crippen LogP contribution is -2.33. The van der Waals surface area contributed by atoms with Crippen LogP contribution in [0.15, 0.2) is 60.8 Å². The zero-order valence-corrected chi connectivity index (χ0v) is 15.7. The smallest absolute Gasteiger partial charge is 0.271 e. The maximum absolute atomic E-state index is 12.2. The molecule has 1 aromatic carbocycles. The van der Waals surface area contributed by atoms with E-state index < -0.39 is 5.91 Å². The predicted molar refractivity (Wildman–Crippen MR) is 105 cm³/mol. The van der Waals surface area contributed by atoms with Gasteiger partial charge in [0.1, 0.15) is 18.3 Å². The molecule has 4 rings (SSSR count). The molecule has 0 fully saturated rings. The van der Waals surface area contributed by atoms with Gasteiger partial charge in [0.05, 0.1) is 12.2 Å². The van der Waals surface area contributed by atoms with Crippen LogP contribution in [0, 0.1) is 0 Å². The van der Waals surface area contributed by atoms with Crippen LogP contribution < -0.4 is 10.6 Å². The van der Waals surface area contributed by atoms with E-state index in [9.17, 15) is 9.59 Å². The number of hydrogen-bond acceptors (Lipinski definition) is 8. The van der Waals surface area contributed by atoms with Crippen molar-refractivity contribution in [2.75, 3.05) is 11.9 Å². The molecular formula is C18H14N8O2S. The molecule has 0 aliphatic rings. The Labute approximate surface area is 168 Å². The van der Waals surface area contributed by atoms with Gasteiger partial charge in [-0.3, -0.25) is 9.59 Å². The summed E-state index contributed by atoms with van der Waals surface area (Å²) >= 11 is 1.26. The number of carbonyl (C=O) groups excluding carboxylic acids is 2.